The number of hydrogen-bond acceptors (Lipinski definition) is 8. The second kappa shape index (κ2) is 9.48. The number of amides is 1. The number of aromatic nitrogens is 4. The van der Waals surface area contributed by atoms with Crippen LogP contribution >= 0.6 is 11.8 Å². The minimum atomic E-state index is -0.437. The molecule has 1 aliphatic heterocycles. The Kier molecular flexibility index (Phi) is 6.09. The molecule has 172 valence electrons. The number of hydrogen-bond donors (Lipinski definition) is 0. The molecule has 5 rings (SSSR count). The third-order valence-electron chi connectivity index (χ3n) is 5.67. The number of nitro groups is 1. The van der Waals surface area contributed by atoms with Gasteiger partial charge >= 0.3 is 0 Å². The highest BCUT2D eigenvalue weighted by Gasteiger charge is 2.22. The molecule has 0 N–H and O–H groups in total. The number of thioether (sulfide) groups is 1. The average Bonchev–Trinajstić information content (AvgIpc) is 3.30. The lowest BCUT2D eigenvalue weighted by Crippen LogP contribution is -2.49. The summed E-state index contributed by atoms with van der Waals surface area (Å²) < 4.78 is 1.57. The first kappa shape index (κ1) is 21.8. The largest absolute Gasteiger partial charge is 0.368 e. The summed E-state index contributed by atoms with van der Waals surface area (Å²) in [5, 5.41) is 24.4. The summed E-state index contributed by atoms with van der Waals surface area (Å²) in [7, 11) is 0. The molecular formula is C23H21N7O3S. The van der Waals surface area contributed by atoms with Crippen LogP contribution in [0, 0.1) is 10.1 Å². The fourth-order valence-corrected chi connectivity index (χ4v) is 4.65. The Morgan fingerprint density at radius 1 is 0.971 bits per heavy atom. The number of benzene rings is 2. The van der Waals surface area contributed by atoms with Crippen molar-refractivity contribution in [1.82, 2.24) is 24.7 Å². The lowest BCUT2D eigenvalue weighted by Gasteiger charge is -2.36. The Hall–Kier alpha value is -3.99. The zero-order valence-corrected chi connectivity index (χ0v) is 19.0. The molecule has 0 aliphatic carbocycles. The highest BCUT2D eigenvalue weighted by atomic mass is 32.2. The van der Waals surface area contributed by atoms with Crippen LogP contribution in [-0.4, -0.2) is 67.5 Å². The van der Waals surface area contributed by atoms with Crippen LogP contribution in [0.5, 0.6) is 0 Å². The van der Waals surface area contributed by atoms with E-state index in [-0.39, 0.29) is 17.3 Å². The van der Waals surface area contributed by atoms with Gasteiger partial charge in [-0.25, -0.2) is 0 Å². The second-order valence-corrected chi connectivity index (χ2v) is 8.71. The standard InChI is InChI=1S/C23H21N7O3S/c31-22(28-13-11-27(12-14-28)18-6-2-1-3-7-18)16-34-23-25-24-21-10-9-20(26-29(21)23)17-5-4-8-19(15-17)30(32)33/h1-10,15H,11-14,16H2. The summed E-state index contributed by atoms with van der Waals surface area (Å²) in [5.74, 6) is 0.277. The Labute approximate surface area is 199 Å². The third-order valence-corrected chi connectivity index (χ3v) is 6.57. The maximum absolute atomic E-state index is 12.8. The van der Waals surface area contributed by atoms with Gasteiger partial charge in [0.2, 0.25) is 11.1 Å². The van der Waals surface area contributed by atoms with E-state index in [1.54, 1.807) is 28.8 Å². The molecule has 0 spiro atoms. The van der Waals surface area contributed by atoms with Crippen molar-refractivity contribution in [3.8, 4) is 11.3 Å². The van der Waals surface area contributed by atoms with E-state index in [9.17, 15) is 14.9 Å². The zero-order chi connectivity index (χ0) is 23.5. The van der Waals surface area contributed by atoms with Crippen LogP contribution < -0.4 is 4.90 Å². The predicted molar refractivity (Wildman–Crippen MR) is 129 cm³/mol. The SMILES string of the molecule is O=C(CSc1nnc2ccc(-c3cccc([N+](=O)[O-])c3)nn12)N1CCN(c2ccccc2)CC1. The van der Waals surface area contributed by atoms with Crippen LogP contribution in [0.3, 0.4) is 0 Å². The summed E-state index contributed by atoms with van der Waals surface area (Å²) in [6.45, 7) is 2.93. The average molecular weight is 476 g/mol. The Bertz CT molecular complexity index is 1340. The normalized spacial score (nSPS) is 13.9. The topological polar surface area (TPSA) is 110 Å². The van der Waals surface area contributed by atoms with E-state index in [0.29, 0.717) is 35.2 Å². The number of nitrogens with zero attached hydrogens (tertiary/aromatic N) is 7. The van der Waals surface area contributed by atoms with Crippen LogP contribution in [0.15, 0.2) is 71.9 Å². The number of nitro benzene ring substituents is 1. The van der Waals surface area contributed by atoms with Crippen molar-refractivity contribution in [1.29, 1.82) is 0 Å². The van der Waals surface area contributed by atoms with Crippen LogP contribution in [0.2, 0.25) is 0 Å². The Morgan fingerprint density at radius 2 is 1.76 bits per heavy atom. The van der Waals surface area contributed by atoms with Crippen molar-refractivity contribution in [3.63, 3.8) is 0 Å². The summed E-state index contributed by atoms with van der Waals surface area (Å²) in [6.07, 6.45) is 0. The summed E-state index contributed by atoms with van der Waals surface area (Å²) in [6, 6.07) is 20.0. The molecule has 4 aromatic rings. The quantitative estimate of drug-likeness (QED) is 0.238. The van der Waals surface area contributed by atoms with Crippen LogP contribution in [-0.2, 0) is 4.79 Å². The molecule has 10 nitrogen and oxygen atoms in total. The van der Waals surface area contributed by atoms with Gasteiger partial charge in [0.25, 0.3) is 5.69 Å². The van der Waals surface area contributed by atoms with Gasteiger partial charge < -0.3 is 9.80 Å². The molecule has 0 unspecified atom stereocenters. The summed E-state index contributed by atoms with van der Waals surface area (Å²) in [5.41, 5.74) is 2.88. The van der Waals surface area contributed by atoms with Crippen molar-refractivity contribution >= 4 is 34.7 Å². The number of piperazine rings is 1. The van der Waals surface area contributed by atoms with E-state index in [1.807, 2.05) is 23.1 Å². The van der Waals surface area contributed by atoms with Gasteiger partial charge in [0.15, 0.2) is 5.65 Å². The van der Waals surface area contributed by atoms with Crippen molar-refractivity contribution in [2.75, 3.05) is 36.8 Å². The number of fused-ring (bicyclic) bond motifs is 1. The molecule has 0 radical (unpaired) electrons. The number of non-ortho nitro benzene ring substituents is 1. The van der Waals surface area contributed by atoms with E-state index in [1.165, 1.54) is 29.6 Å². The van der Waals surface area contributed by atoms with Gasteiger partial charge in [-0.2, -0.15) is 9.61 Å². The molecule has 1 fully saturated rings. The third kappa shape index (κ3) is 4.55. The lowest BCUT2D eigenvalue weighted by molar-refractivity contribution is -0.384. The molecule has 1 saturated heterocycles. The number of carbonyl (C=O) groups excluding carboxylic acids is 1. The van der Waals surface area contributed by atoms with Gasteiger partial charge in [-0.1, -0.05) is 42.1 Å². The molecule has 2 aromatic carbocycles. The molecule has 0 saturated carbocycles. The smallest absolute Gasteiger partial charge is 0.270 e. The fraction of sp³-hybridized carbons (Fsp3) is 0.217. The second-order valence-electron chi connectivity index (χ2n) is 7.77. The van der Waals surface area contributed by atoms with Gasteiger partial charge in [0.1, 0.15) is 0 Å². The first-order valence-electron chi connectivity index (χ1n) is 10.8. The Morgan fingerprint density at radius 3 is 2.53 bits per heavy atom. The van der Waals surface area contributed by atoms with Crippen LogP contribution in [0.4, 0.5) is 11.4 Å². The Balaban J connectivity index is 1.25. The predicted octanol–water partition coefficient (Wildman–Crippen LogP) is 3.14. The van der Waals surface area contributed by atoms with Crippen molar-refractivity contribution in [2.24, 2.45) is 0 Å². The van der Waals surface area contributed by atoms with Gasteiger partial charge in [-0.15, -0.1) is 10.2 Å². The molecule has 0 bridgehead atoms. The molecule has 1 aliphatic rings. The number of anilines is 1. The highest BCUT2D eigenvalue weighted by molar-refractivity contribution is 7.99. The number of carbonyl (C=O) groups is 1. The molecule has 11 heteroatoms. The van der Waals surface area contributed by atoms with E-state index in [2.05, 4.69) is 32.3 Å². The van der Waals surface area contributed by atoms with Gasteiger partial charge in [-0.05, 0) is 24.3 Å². The van der Waals surface area contributed by atoms with E-state index in [4.69, 9.17) is 0 Å². The molecule has 0 atom stereocenters. The van der Waals surface area contributed by atoms with Crippen molar-refractivity contribution < 1.29 is 9.72 Å². The van der Waals surface area contributed by atoms with Crippen LogP contribution in [0.1, 0.15) is 0 Å². The number of para-hydroxylation sites is 1. The van der Waals surface area contributed by atoms with Gasteiger partial charge in [0.05, 0.1) is 16.4 Å². The van der Waals surface area contributed by atoms with E-state index in [0.717, 1.165) is 13.1 Å². The molecule has 3 heterocycles. The fourth-order valence-electron chi connectivity index (χ4n) is 3.86. The monoisotopic (exact) mass is 475 g/mol. The van der Waals surface area contributed by atoms with Crippen molar-refractivity contribution in [3.05, 3.63) is 76.8 Å². The maximum atomic E-state index is 12.8. The van der Waals surface area contributed by atoms with Gasteiger partial charge in [-0.3, -0.25) is 14.9 Å². The summed E-state index contributed by atoms with van der Waals surface area (Å²) in [4.78, 5) is 27.6. The number of rotatable bonds is 6. The maximum Gasteiger partial charge on any atom is 0.270 e. The molecule has 1 amide bonds. The molecule has 34 heavy (non-hydrogen) atoms. The first-order chi connectivity index (χ1) is 16.6. The highest BCUT2D eigenvalue weighted by Crippen LogP contribution is 2.24. The molecular weight excluding hydrogens is 454 g/mol. The van der Waals surface area contributed by atoms with E-state index >= 15 is 0 Å². The van der Waals surface area contributed by atoms with Crippen molar-refractivity contribution in [2.45, 2.75) is 5.16 Å². The zero-order valence-electron chi connectivity index (χ0n) is 18.1. The minimum absolute atomic E-state index is 0.00397. The van der Waals surface area contributed by atoms with E-state index < -0.39 is 4.92 Å². The summed E-state index contributed by atoms with van der Waals surface area (Å²) >= 11 is 1.28. The lowest BCUT2D eigenvalue weighted by atomic mass is 10.1. The molecule has 2 aromatic heterocycles. The first-order valence-corrected chi connectivity index (χ1v) is 11.7. The van der Waals surface area contributed by atoms with Crippen LogP contribution in [0.25, 0.3) is 16.9 Å². The van der Waals surface area contributed by atoms with Gasteiger partial charge in [0, 0.05) is 49.6 Å². The minimum Gasteiger partial charge on any atom is -0.368 e.